The molecule has 0 aromatic rings. The van der Waals surface area contributed by atoms with Crippen molar-refractivity contribution in [2.45, 2.75) is 19.4 Å². The molecule has 0 aromatic heterocycles. The predicted octanol–water partition coefficient (Wildman–Crippen LogP) is -0.330. The van der Waals surface area contributed by atoms with Gasteiger partial charge >= 0.3 is 18.0 Å². The van der Waals surface area contributed by atoms with Gasteiger partial charge in [0, 0.05) is 4.92 Å². The molecule has 0 radical (unpaired) electrons. The van der Waals surface area contributed by atoms with E-state index in [2.05, 4.69) is 4.74 Å². The van der Waals surface area contributed by atoms with Gasteiger partial charge in [-0.2, -0.15) is 0 Å². The van der Waals surface area contributed by atoms with E-state index in [1.54, 1.807) is 0 Å². The van der Waals surface area contributed by atoms with Gasteiger partial charge in [-0.25, -0.2) is 4.79 Å². The highest BCUT2D eigenvalue weighted by molar-refractivity contribution is 5.80. The van der Waals surface area contributed by atoms with Gasteiger partial charge in [-0.1, -0.05) is 0 Å². The molecule has 0 rings (SSSR count). The molecule has 0 aliphatic carbocycles. The van der Waals surface area contributed by atoms with Gasteiger partial charge in [0.25, 0.3) is 0 Å². The summed E-state index contributed by atoms with van der Waals surface area (Å²) in [5.41, 5.74) is 0. The first-order valence-corrected chi connectivity index (χ1v) is 3.51. The third-order valence-electron chi connectivity index (χ3n) is 1.18. The smallest absolute Gasteiger partial charge is 0.382 e. The molecule has 0 fully saturated rings. The second kappa shape index (κ2) is 5.07. The zero-order valence-corrected chi connectivity index (χ0v) is 6.93. The number of carbonyl (C=O) groups is 2. The number of hydrogen-bond donors (Lipinski definition) is 1. The molecule has 13 heavy (non-hydrogen) atoms. The summed E-state index contributed by atoms with van der Waals surface area (Å²) in [4.78, 5) is 30.1. The average Bonchev–Trinajstić information content (AvgIpc) is 1.99. The summed E-state index contributed by atoms with van der Waals surface area (Å²) >= 11 is 0. The largest absolute Gasteiger partial charge is 0.481 e. The molecule has 1 N–H and O–H groups in total. The van der Waals surface area contributed by atoms with Crippen LogP contribution in [0.25, 0.3) is 0 Å². The van der Waals surface area contributed by atoms with Crippen LogP contribution in [0, 0.1) is 10.1 Å². The summed E-state index contributed by atoms with van der Waals surface area (Å²) in [5, 5.41) is 18.4. The quantitative estimate of drug-likeness (QED) is 0.362. The first kappa shape index (κ1) is 11.3. The molecule has 1 atom stereocenters. The zero-order chi connectivity index (χ0) is 10.4. The van der Waals surface area contributed by atoms with Crippen LogP contribution in [-0.4, -0.2) is 34.6 Å². The molecule has 0 saturated carbocycles. The Labute approximate surface area is 73.4 Å². The highest BCUT2D eigenvalue weighted by Gasteiger charge is 2.33. The minimum absolute atomic E-state index is 0.0111. The lowest BCUT2D eigenvalue weighted by Crippen LogP contribution is -2.33. The molecule has 0 saturated heterocycles. The predicted molar refractivity (Wildman–Crippen MR) is 39.7 cm³/mol. The van der Waals surface area contributed by atoms with Gasteiger partial charge in [-0.15, -0.1) is 0 Å². The zero-order valence-electron chi connectivity index (χ0n) is 6.93. The summed E-state index contributed by atoms with van der Waals surface area (Å²) in [7, 11) is 0. The number of rotatable bonds is 5. The lowest BCUT2D eigenvalue weighted by atomic mass is 10.2. The van der Waals surface area contributed by atoms with Gasteiger partial charge in [0.05, 0.1) is 6.61 Å². The average molecular weight is 191 g/mol. The van der Waals surface area contributed by atoms with E-state index >= 15 is 0 Å². The van der Waals surface area contributed by atoms with Crippen molar-refractivity contribution in [2.75, 3.05) is 6.61 Å². The normalized spacial score (nSPS) is 11.8. The van der Waals surface area contributed by atoms with Crippen molar-refractivity contribution >= 4 is 11.9 Å². The molecule has 1 unspecified atom stereocenters. The molecular weight excluding hydrogens is 182 g/mol. The molecule has 7 nitrogen and oxygen atoms in total. The van der Waals surface area contributed by atoms with Crippen molar-refractivity contribution in [3.8, 4) is 0 Å². The maximum atomic E-state index is 10.8. The van der Waals surface area contributed by atoms with Crippen molar-refractivity contribution < 1.29 is 24.4 Å². The van der Waals surface area contributed by atoms with Crippen molar-refractivity contribution in [3.05, 3.63) is 10.1 Å². The highest BCUT2D eigenvalue weighted by Crippen LogP contribution is 2.00. The van der Waals surface area contributed by atoms with Crippen LogP contribution in [0.4, 0.5) is 0 Å². The summed E-state index contributed by atoms with van der Waals surface area (Å²) < 4.78 is 4.32. The Kier molecular flexibility index (Phi) is 4.42. The molecule has 0 aliphatic rings. The Balaban J connectivity index is 4.32. The molecule has 0 heterocycles. The molecule has 7 heteroatoms. The standard InChI is InChI=1S/C6H9NO6/c1-2-13-6(10)4(7(11)12)3-5(8)9/h4H,2-3H2,1H3,(H,8,9). The number of carboxylic acid groups (broad SMARTS) is 1. The molecule has 0 bridgehead atoms. The van der Waals surface area contributed by atoms with Crippen LogP contribution in [-0.2, 0) is 14.3 Å². The lowest BCUT2D eigenvalue weighted by molar-refractivity contribution is -0.509. The van der Waals surface area contributed by atoms with E-state index < -0.39 is 29.3 Å². The Hall–Kier alpha value is -1.66. The number of esters is 1. The van der Waals surface area contributed by atoms with E-state index in [4.69, 9.17) is 5.11 Å². The van der Waals surface area contributed by atoms with Crippen LogP contribution >= 0.6 is 0 Å². The lowest BCUT2D eigenvalue weighted by Gasteiger charge is -2.05. The fourth-order valence-corrected chi connectivity index (χ4v) is 0.648. The van der Waals surface area contributed by atoms with E-state index in [0.717, 1.165) is 0 Å². The van der Waals surface area contributed by atoms with E-state index in [0.29, 0.717) is 0 Å². The van der Waals surface area contributed by atoms with Crippen molar-refractivity contribution in [3.63, 3.8) is 0 Å². The summed E-state index contributed by atoms with van der Waals surface area (Å²) in [6, 6.07) is -1.81. The Morgan fingerprint density at radius 2 is 2.15 bits per heavy atom. The van der Waals surface area contributed by atoms with Crippen LogP contribution < -0.4 is 0 Å². The summed E-state index contributed by atoms with van der Waals surface area (Å²) in [6.45, 7) is 1.47. The van der Waals surface area contributed by atoms with Gasteiger partial charge in [-0.05, 0) is 6.92 Å². The highest BCUT2D eigenvalue weighted by atomic mass is 16.6. The number of nitro groups is 1. The first-order valence-electron chi connectivity index (χ1n) is 3.51. The third-order valence-corrected chi connectivity index (χ3v) is 1.18. The minimum Gasteiger partial charge on any atom is -0.481 e. The second-order valence-corrected chi connectivity index (χ2v) is 2.15. The monoisotopic (exact) mass is 191 g/mol. The molecule has 0 aromatic carbocycles. The fraction of sp³-hybridized carbons (Fsp3) is 0.667. The Morgan fingerprint density at radius 1 is 1.62 bits per heavy atom. The Morgan fingerprint density at radius 3 is 2.46 bits per heavy atom. The van der Waals surface area contributed by atoms with E-state index in [1.807, 2.05) is 0 Å². The molecular formula is C6H9NO6. The van der Waals surface area contributed by atoms with Crippen LogP contribution in [0.3, 0.4) is 0 Å². The van der Waals surface area contributed by atoms with E-state index in [1.165, 1.54) is 6.92 Å². The van der Waals surface area contributed by atoms with Crippen molar-refractivity contribution in [2.24, 2.45) is 0 Å². The second-order valence-electron chi connectivity index (χ2n) is 2.15. The number of hydrogen-bond acceptors (Lipinski definition) is 5. The van der Waals surface area contributed by atoms with Gasteiger partial charge in [-0.3, -0.25) is 14.9 Å². The van der Waals surface area contributed by atoms with Gasteiger partial charge in [0.1, 0.15) is 6.42 Å². The fourth-order valence-electron chi connectivity index (χ4n) is 0.648. The van der Waals surface area contributed by atoms with E-state index in [9.17, 15) is 19.7 Å². The molecule has 0 amide bonds. The molecule has 0 spiro atoms. The van der Waals surface area contributed by atoms with Gasteiger partial charge < -0.3 is 9.84 Å². The molecule has 0 aliphatic heterocycles. The Bertz CT molecular complexity index is 225. The number of carbonyl (C=O) groups excluding carboxylic acids is 1. The number of ether oxygens (including phenoxy) is 1. The summed E-state index contributed by atoms with van der Waals surface area (Å²) in [5.74, 6) is -2.52. The van der Waals surface area contributed by atoms with Gasteiger partial charge in [0.2, 0.25) is 0 Å². The first-order chi connectivity index (χ1) is 5.99. The van der Waals surface area contributed by atoms with E-state index in [-0.39, 0.29) is 6.61 Å². The number of carboxylic acids is 1. The number of aliphatic carboxylic acids is 1. The molecule has 74 valence electrons. The number of nitrogens with zero attached hydrogens (tertiary/aromatic N) is 1. The van der Waals surface area contributed by atoms with Crippen LogP contribution in [0.5, 0.6) is 0 Å². The topological polar surface area (TPSA) is 107 Å². The van der Waals surface area contributed by atoms with Crippen LogP contribution in [0.15, 0.2) is 0 Å². The van der Waals surface area contributed by atoms with Crippen molar-refractivity contribution in [1.82, 2.24) is 0 Å². The minimum atomic E-state index is -1.81. The maximum Gasteiger partial charge on any atom is 0.382 e. The van der Waals surface area contributed by atoms with Crippen LogP contribution in [0.1, 0.15) is 13.3 Å². The van der Waals surface area contributed by atoms with Gasteiger partial charge in [0.15, 0.2) is 0 Å². The summed E-state index contributed by atoms with van der Waals surface area (Å²) in [6.07, 6.45) is -0.855. The SMILES string of the molecule is CCOC(=O)C(CC(=O)O)[N+](=O)[O-]. The maximum absolute atomic E-state index is 10.8. The third kappa shape index (κ3) is 4.04. The van der Waals surface area contributed by atoms with Crippen LogP contribution in [0.2, 0.25) is 0 Å². The van der Waals surface area contributed by atoms with Crippen molar-refractivity contribution in [1.29, 1.82) is 0 Å².